The van der Waals surface area contributed by atoms with E-state index >= 15 is 4.39 Å². The Balaban J connectivity index is 1.11. The molecule has 3 nitrogen and oxygen atoms in total. The van der Waals surface area contributed by atoms with Crippen LogP contribution in [0.4, 0.5) is 26.3 Å². The molecule has 3 fully saturated rings. The first-order valence-electron chi connectivity index (χ1n) is 15.4. The van der Waals surface area contributed by atoms with Gasteiger partial charge in [-0.1, -0.05) is 31.9 Å². The molecule has 1 aliphatic heterocycles. The molecule has 2 aliphatic carbocycles. The van der Waals surface area contributed by atoms with Crippen LogP contribution >= 0.6 is 0 Å². The summed E-state index contributed by atoms with van der Waals surface area (Å²) in [5.41, 5.74) is 1.49. The second-order valence-corrected chi connectivity index (χ2v) is 12.3. The SMILES string of the molecule is CCCCC1COC(C2CCC(c3ccc(C4CCC(C(F)(F)Oc5cc(F)c(F)c(F)c5)CC4)c(F)c3)CC2)OC1. The summed E-state index contributed by atoms with van der Waals surface area (Å²) in [6.07, 6.45) is 4.25. The highest BCUT2D eigenvalue weighted by Gasteiger charge is 2.44. The first-order chi connectivity index (χ1) is 20.1. The molecule has 0 bridgehead atoms. The predicted molar refractivity (Wildman–Crippen MR) is 146 cm³/mol. The minimum atomic E-state index is -3.70. The van der Waals surface area contributed by atoms with Gasteiger partial charge in [0.15, 0.2) is 23.7 Å². The quantitative estimate of drug-likeness (QED) is 0.213. The van der Waals surface area contributed by atoms with Crippen molar-refractivity contribution in [3.05, 3.63) is 64.7 Å². The zero-order valence-electron chi connectivity index (χ0n) is 24.0. The van der Waals surface area contributed by atoms with Gasteiger partial charge < -0.3 is 14.2 Å². The maximum Gasteiger partial charge on any atom is 0.400 e. The molecular weight excluding hydrogens is 558 g/mol. The molecule has 42 heavy (non-hydrogen) atoms. The summed E-state index contributed by atoms with van der Waals surface area (Å²) >= 11 is 0. The number of alkyl halides is 2. The Hall–Kier alpha value is -2.26. The van der Waals surface area contributed by atoms with Crippen LogP contribution in [0, 0.1) is 41.0 Å². The van der Waals surface area contributed by atoms with Crippen LogP contribution < -0.4 is 4.74 Å². The van der Waals surface area contributed by atoms with Crippen LogP contribution in [0.3, 0.4) is 0 Å². The fraction of sp³-hybridized carbons (Fsp3) is 0.636. The maximum atomic E-state index is 15.3. The minimum absolute atomic E-state index is 0.0552. The van der Waals surface area contributed by atoms with Crippen molar-refractivity contribution in [2.24, 2.45) is 17.8 Å². The smallest absolute Gasteiger partial charge is 0.400 e. The lowest BCUT2D eigenvalue weighted by Gasteiger charge is -2.38. The molecular formula is C33H40F6O3. The standard InChI is InChI=1S/C33H40F6O3/c1-2-3-4-20-18-40-32(41-19-20)23-7-5-21(6-8-23)24-11-14-27(28(34)15-24)22-9-12-25(13-10-22)33(38,39)42-26-16-29(35)31(37)30(36)17-26/h11,14-17,20-23,25,32H,2-10,12-13,18-19H2,1H3. The molecule has 1 heterocycles. The normalized spacial score (nSPS) is 28.9. The second-order valence-electron chi connectivity index (χ2n) is 12.3. The lowest BCUT2D eigenvalue weighted by molar-refractivity contribution is -0.229. The Morgan fingerprint density at radius 1 is 0.786 bits per heavy atom. The van der Waals surface area contributed by atoms with Crippen molar-refractivity contribution in [3.8, 4) is 5.75 Å². The number of halogens is 6. The Morgan fingerprint density at radius 2 is 1.40 bits per heavy atom. The van der Waals surface area contributed by atoms with E-state index in [0.717, 1.165) is 50.9 Å². The molecule has 0 radical (unpaired) electrons. The van der Waals surface area contributed by atoms with Crippen LogP contribution in [-0.2, 0) is 9.47 Å². The average molecular weight is 599 g/mol. The Bertz CT molecular complexity index is 1160. The van der Waals surface area contributed by atoms with E-state index in [2.05, 4.69) is 11.7 Å². The van der Waals surface area contributed by atoms with Gasteiger partial charge in [0.25, 0.3) is 0 Å². The average Bonchev–Trinajstić information content (AvgIpc) is 2.99. The zero-order chi connectivity index (χ0) is 29.9. The van der Waals surface area contributed by atoms with Crippen molar-refractivity contribution in [1.29, 1.82) is 0 Å². The molecule has 0 unspecified atom stereocenters. The largest absolute Gasteiger partial charge is 0.432 e. The monoisotopic (exact) mass is 598 g/mol. The van der Waals surface area contributed by atoms with Crippen LogP contribution in [0.15, 0.2) is 30.3 Å². The second kappa shape index (κ2) is 13.6. The third-order valence-electron chi connectivity index (χ3n) is 9.46. The van der Waals surface area contributed by atoms with Crippen LogP contribution in [-0.4, -0.2) is 25.6 Å². The van der Waals surface area contributed by atoms with Crippen LogP contribution in [0.2, 0.25) is 0 Å². The van der Waals surface area contributed by atoms with E-state index in [-0.39, 0.29) is 36.8 Å². The van der Waals surface area contributed by atoms with E-state index in [0.29, 0.717) is 42.4 Å². The molecule has 232 valence electrons. The molecule has 0 spiro atoms. The van der Waals surface area contributed by atoms with Gasteiger partial charge in [-0.3, -0.25) is 0 Å². The van der Waals surface area contributed by atoms with Gasteiger partial charge in [0.05, 0.1) is 19.1 Å². The van der Waals surface area contributed by atoms with E-state index < -0.39 is 35.2 Å². The summed E-state index contributed by atoms with van der Waals surface area (Å²) in [7, 11) is 0. The van der Waals surface area contributed by atoms with Crippen molar-refractivity contribution in [2.45, 2.75) is 102 Å². The van der Waals surface area contributed by atoms with Crippen molar-refractivity contribution in [3.63, 3.8) is 0 Å². The fourth-order valence-corrected chi connectivity index (χ4v) is 6.91. The lowest BCUT2D eigenvalue weighted by Crippen LogP contribution is -2.38. The van der Waals surface area contributed by atoms with Gasteiger partial charge in [-0.15, -0.1) is 0 Å². The number of benzene rings is 2. The minimum Gasteiger partial charge on any atom is -0.432 e. The zero-order valence-corrected chi connectivity index (χ0v) is 24.0. The third-order valence-corrected chi connectivity index (χ3v) is 9.46. The van der Waals surface area contributed by atoms with Crippen molar-refractivity contribution >= 4 is 0 Å². The summed E-state index contributed by atoms with van der Waals surface area (Å²) in [6, 6.07) is 6.18. The highest BCUT2D eigenvalue weighted by molar-refractivity contribution is 5.30. The van der Waals surface area contributed by atoms with Gasteiger partial charge in [0.2, 0.25) is 0 Å². The number of rotatable bonds is 9. The highest BCUT2D eigenvalue weighted by atomic mass is 19.3. The van der Waals surface area contributed by atoms with Gasteiger partial charge in [-0.2, -0.15) is 8.78 Å². The first-order valence-corrected chi connectivity index (χ1v) is 15.4. The summed E-state index contributed by atoms with van der Waals surface area (Å²) in [5, 5.41) is 0. The molecule has 2 saturated carbocycles. The predicted octanol–water partition coefficient (Wildman–Crippen LogP) is 9.64. The molecule has 5 rings (SSSR count). The summed E-state index contributed by atoms with van der Waals surface area (Å²) in [4.78, 5) is 0. The van der Waals surface area contributed by atoms with Gasteiger partial charge in [0, 0.05) is 24.0 Å². The molecule has 0 atom stereocenters. The van der Waals surface area contributed by atoms with E-state index in [1.54, 1.807) is 12.1 Å². The summed E-state index contributed by atoms with van der Waals surface area (Å²) < 4.78 is 102. The lowest BCUT2D eigenvalue weighted by atomic mass is 9.76. The topological polar surface area (TPSA) is 27.7 Å². The van der Waals surface area contributed by atoms with Crippen molar-refractivity contribution < 1.29 is 40.6 Å². The maximum absolute atomic E-state index is 15.3. The third kappa shape index (κ3) is 7.26. The number of ether oxygens (including phenoxy) is 3. The first kappa shape index (κ1) is 31.2. The molecule has 0 aromatic heterocycles. The Morgan fingerprint density at radius 3 is 2.00 bits per heavy atom. The summed E-state index contributed by atoms with van der Waals surface area (Å²) in [5.74, 6) is -6.33. The van der Waals surface area contributed by atoms with Crippen LogP contribution in [0.1, 0.15) is 101 Å². The van der Waals surface area contributed by atoms with E-state index in [1.165, 1.54) is 12.8 Å². The van der Waals surface area contributed by atoms with E-state index in [4.69, 9.17) is 9.47 Å². The highest BCUT2D eigenvalue weighted by Crippen LogP contribution is 2.45. The van der Waals surface area contributed by atoms with Crippen LogP contribution in [0.25, 0.3) is 0 Å². The van der Waals surface area contributed by atoms with Crippen molar-refractivity contribution in [1.82, 2.24) is 0 Å². The van der Waals surface area contributed by atoms with Gasteiger partial charge in [0.1, 0.15) is 11.6 Å². The van der Waals surface area contributed by atoms with E-state index in [9.17, 15) is 22.0 Å². The fourth-order valence-electron chi connectivity index (χ4n) is 6.91. The molecule has 0 N–H and O–H groups in total. The number of unbranched alkanes of at least 4 members (excludes halogenated alkanes) is 1. The number of hydrogen-bond donors (Lipinski definition) is 0. The Kier molecular flexibility index (Phi) is 10.1. The van der Waals surface area contributed by atoms with Gasteiger partial charge in [-0.05, 0) is 86.8 Å². The molecule has 2 aromatic carbocycles. The number of hydrogen-bond acceptors (Lipinski definition) is 3. The Labute approximate surface area is 243 Å². The molecule has 2 aromatic rings. The van der Waals surface area contributed by atoms with Crippen molar-refractivity contribution in [2.75, 3.05) is 13.2 Å². The summed E-state index contributed by atoms with van der Waals surface area (Å²) in [6.45, 7) is 3.71. The molecule has 0 amide bonds. The van der Waals surface area contributed by atoms with E-state index in [1.807, 2.05) is 6.07 Å². The molecule has 3 aliphatic rings. The molecule has 1 saturated heterocycles. The van der Waals surface area contributed by atoms with Gasteiger partial charge >= 0.3 is 6.11 Å². The van der Waals surface area contributed by atoms with Gasteiger partial charge in [-0.25, -0.2) is 17.6 Å². The van der Waals surface area contributed by atoms with Crippen LogP contribution in [0.5, 0.6) is 5.75 Å². The molecule has 9 heteroatoms.